The number of aromatic nitrogens is 2. The Kier molecular flexibility index (Phi) is 2.39. The van der Waals surface area contributed by atoms with Crippen molar-refractivity contribution < 1.29 is 20.6 Å². The molecule has 28 heavy (non-hydrogen) atoms. The summed E-state index contributed by atoms with van der Waals surface area (Å²) in [5.41, 5.74) is -0.336. The molecule has 144 valence electrons. The standard InChI is InChI=1S/C22H25N5S/c1-15(2)20-11-19-21(24-14-25-22(19)28-20)26-18-6-8-27(9-7-18)13-17-5-3-4-16(10-17)12-23/h3-5,10-11,14-15,18H,6-9,13H2,1-2H3,(H,24,25,26)/i1D3,2D3,4D,5D,10D,11D,13D,14D,15D,18D/hD. The molecule has 2 aromatic heterocycles. The van der Waals surface area contributed by atoms with Crippen LogP contribution in [-0.2, 0) is 6.52 Å². The number of likely N-dealkylation sites (tertiary alicyclic amines) is 1. The minimum atomic E-state index is -3.38. The Balaban J connectivity index is 1.70. The highest BCUT2D eigenvalue weighted by Gasteiger charge is 2.21. The zero-order chi connectivity index (χ0) is 32.4. The third-order valence-electron chi connectivity index (χ3n) is 4.18. The number of rotatable bonds is 5. The number of nitrogens with one attached hydrogen (secondary N) is 1. The van der Waals surface area contributed by atoms with Crippen LogP contribution >= 0.6 is 11.3 Å². The van der Waals surface area contributed by atoms with Crippen LogP contribution in [0.1, 0.15) is 67.6 Å². The van der Waals surface area contributed by atoms with Gasteiger partial charge in [0.2, 0.25) is 0 Å². The second kappa shape index (κ2) is 8.26. The van der Waals surface area contributed by atoms with Gasteiger partial charge in [0.15, 0.2) is 1.41 Å². The number of thiophene rings is 1. The van der Waals surface area contributed by atoms with Crippen LogP contribution in [0.5, 0.6) is 0 Å². The minimum absolute atomic E-state index is 0.0228. The summed E-state index contributed by atoms with van der Waals surface area (Å²) in [6.45, 7) is -7.98. The normalized spacial score (nSPS) is 27.0. The van der Waals surface area contributed by atoms with E-state index in [-0.39, 0.29) is 59.4 Å². The summed E-state index contributed by atoms with van der Waals surface area (Å²) in [4.78, 5) is 8.51. The number of nitriles is 1. The van der Waals surface area contributed by atoms with Crippen LogP contribution in [0.2, 0.25) is 1.41 Å². The second-order valence-corrected chi connectivity index (χ2v) is 7.06. The van der Waals surface area contributed by atoms with Gasteiger partial charge in [0.25, 0.3) is 0 Å². The molecule has 1 aromatic carbocycles. The molecule has 3 heterocycles. The molecule has 1 atom stereocenters. The smallest absolute Gasteiger partial charge is 0.162 e. The first-order valence-corrected chi connectivity index (χ1v) is 9.25. The van der Waals surface area contributed by atoms with Crippen molar-refractivity contribution in [3.8, 4) is 6.07 Å². The third-order valence-corrected chi connectivity index (χ3v) is 5.17. The SMILES string of the molecule is [2H]c1nc(N([2H])C2([2H])CCN(C([2H])c3c([2H])cc([2H])c(C#N)c3[2H])CC2)c2c([2H])c(C([2H])(C([2H])([2H])[2H])C([2H])([2H])[2H])sc2n1. The number of fused-ring (bicyclic) bond motifs is 1. The average Bonchev–Trinajstić information content (AvgIpc) is 3.22. The van der Waals surface area contributed by atoms with Crippen molar-refractivity contribution >= 4 is 27.4 Å². The van der Waals surface area contributed by atoms with Gasteiger partial charge >= 0.3 is 0 Å². The van der Waals surface area contributed by atoms with Crippen molar-refractivity contribution in [2.45, 2.75) is 45.0 Å². The average molecular weight is 407 g/mol. The van der Waals surface area contributed by atoms with Gasteiger partial charge in [0.05, 0.1) is 23.9 Å². The Bertz CT molecular complexity index is 1590. The second-order valence-electron chi connectivity index (χ2n) is 6.06. The fourth-order valence-electron chi connectivity index (χ4n) is 2.82. The quantitative estimate of drug-likeness (QED) is 0.661. The van der Waals surface area contributed by atoms with E-state index in [2.05, 4.69) is 9.97 Å². The van der Waals surface area contributed by atoms with E-state index in [9.17, 15) is 5.26 Å². The van der Waals surface area contributed by atoms with Crippen LogP contribution < -0.4 is 5.31 Å². The van der Waals surface area contributed by atoms with Crippen molar-refractivity contribution in [3.63, 3.8) is 0 Å². The molecule has 0 spiro atoms. The van der Waals surface area contributed by atoms with Gasteiger partial charge in [-0.25, -0.2) is 9.97 Å². The van der Waals surface area contributed by atoms with Crippen LogP contribution in [0.15, 0.2) is 36.5 Å². The summed E-state index contributed by atoms with van der Waals surface area (Å²) in [6, 6.07) is -0.544. The minimum Gasteiger partial charge on any atom is -0.367 e. The van der Waals surface area contributed by atoms with Gasteiger partial charge in [-0.05, 0) is 42.4 Å². The van der Waals surface area contributed by atoms with Crippen molar-refractivity contribution in [3.05, 3.63) is 52.5 Å². The molecule has 1 aliphatic rings. The maximum atomic E-state index is 9.30. The van der Waals surface area contributed by atoms with Crippen LogP contribution in [0.25, 0.3) is 10.2 Å². The van der Waals surface area contributed by atoms with Crippen molar-refractivity contribution in [1.82, 2.24) is 14.9 Å². The summed E-state index contributed by atoms with van der Waals surface area (Å²) in [5.74, 6) is -3.61. The van der Waals surface area contributed by atoms with Crippen LogP contribution in [0, 0.1) is 11.3 Å². The number of nitrogens with zero attached hydrogens (tertiary/aromatic N) is 4. The lowest BCUT2D eigenvalue weighted by Gasteiger charge is -2.32. The predicted molar refractivity (Wildman–Crippen MR) is 115 cm³/mol. The molecule has 4 rings (SSSR count). The molecule has 0 bridgehead atoms. The van der Waals surface area contributed by atoms with Crippen LogP contribution in [-0.4, -0.2) is 34.0 Å². The van der Waals surface area contributed by atoms with Gasteiger partial charge in [-0.15, -0.1) is 11.3 Å². The summed E-state index contributed by atoms with van der Waals surface area (Å²) >= 11 is 0.442. The van der Waals surface area contributed by atoms with E-state index in [1.54, 1.807) is 11.0 Å². The summed E-state index contributed by atoms with van der Waals surface area (Å²) in [6.07, 6.45) is -0.815. The fourth-order valence-corrected chi connectivity index (χ4v) is 3.60. The molecule has 3 aromatic rings. The maximum Gasteiger partial charge on any atom is 0.162 e. The van der Waals surface area contributed by atoms with Gasteiger partial charge in [-0.2, -0.15) is 5.26 Å². The van der Waals surface area contributed by atoms with Gasteiger partial charge in [-0.3, -0.25) is 4.90 Å². The molecule has 1 aliphatic heterocycles. The van der Waals surface area contributed by atoms with E-state index in [0.717, 1.165) is 6.07 Å². The van der Waals surface area contributed by atoms with Crippen LogP contribution in [0.4, 0.5) is 5.82 Å². The monoisotopic (exact) mass is 406 g/mol. The van der Waals surface area contributed by atoms with Crippen LogP contribution in [0.3, 0.4) is 0 Å². The first-order valence-electron chi connectivity index (χ1n) is 16.0. The fraction of sp³-hybridized carbons (Fsp3) is 0.409. The molecule has 0 radical (unpaired) electrons. The van der Waals surface area contributed by atoms with Crippen molar-refractivity contribution in [2.75, 3.05) is 18.4 Å². The summed E-state index contributed by atoms with van der Waals surface area (Å²) in [7, 11) is 0. The lowest BCUT2D eigenvalue weighted by Crippen LogP contribution is -2.38. The lowest BCUT2D eigenvalue weighted by molar-refractivity contribution is 0.211. The molecule has 1 unspecified atom stereocenters. The number of hydrogen-bond acceptors (Lipinski definition) is 6. The van der Waals surface area contributed by atoms with Gasteiger partial charge in [0, 0.05) is 41.5 Å². The molecule has 0 amide bonds. The Morgan fingerprint density at radius 2 is 2.36 bits per heavy atom. The first-order chi connectivity index (χ1) is 19.7. The molecule has 6 heteroatoms. The van der Waals surface area contributed by atoms with Gasteiger partial charge in [0.1, 0.15) is 18.3 Å². The Hall–Kier alpha value is -2.49. The van der Waals surface area contributed by atoms with Gasteiger partial charge in [-0.1, -0.05) is 25.8 Å². The van der Waals surface area contributed by atoms with Crippen molar-refractivity contribution in [1.29, 1.82) is 5.26 Å². The van der Waals surface area contributed by atoms with E-state index in [1.807, 2.05) is 0 Å². The molecule has 0 saturated carbocycles. The van der Waals surface area contributed by atoms with Gasteiger partial charge < -0.3 is 5.31 Å². The van der Waals surface area contributed by atoms with E-state index in [1.165, 1.54) is 0 Å². The number of anilines is 1. The van der Waals surface area contributed by atoms with E-state index >= 15 is 0 Å². The zero-order valence-electron chi connectivity index (χ0n) is 29.6. The number of piperidine rings is 1. The Labute approximate surface area is 191 Å². The molecule has 0 aliphatic carbocycles. The van der Waals surface area contributed by atoms with E-state index < -0.39 is 61.2 Å². The molecule has 5 nitrogen and oxygen atoms in total. The summed E-state index contributed by atoms with van der Waals surface area (Å²) in [5, 5.41) is 9.69. The maximum absolute atomic E-state index is 9.30. The highest BCUT2D eigenvalue weighted by Crippen LogP contribution is 2.33. The largest absolute Gasteiger partial charge is 0.367 e. The zero-order valence-corrected chi connectivity index (χ0v) is 15.4. The Morgan fingerprint density at radius 3 is 3.14 bits per heavy atom. The summed E-state index contributed by atoms with van der Waals surface area (Å²) < 4.78 is 123. The lowest BCUT2D eigenvalue weighted by atomic mass is 10.0. The van der Waals surface area contributed by atoms with Crippen molar-refractivity contribution in [2.24, 2.45) is 0 Å². The first kappa shape index (κ1) is 8.10. The highest BCUT2D eigenvalue weighted by atomic mass is 32.1. The van der Waals surface area contributed by atoms with E-state index in [0.29, 0.717) is 16.6 Å². The predicted octanol–water partition coefficient (Wildman–Crippen LogP) is 4.76. The Morgan fingerprint density at radius 1 is 1.50 bits per heavy atom. The number of hydrogen-bond donors (Lipinski definition) is 1. The third kappa shape index (κ3) is 4.16. The van der Waals surface area contributed by atoms with E-state index in [4.69, 9.17) is 20.6 Å². The number of benzene rings is 1. The molecular weight excluding hydrogens is 366 g/mol. The molecular formula is C22H25N5S. The molecule has 1 N–H and O–H groups in total. The highest BCUT2D eigenvalue weighted by molar-refractivity contribution is 7.18. The topological polar surface area (TPSA) is 64.8 Å². The molecule has 1 saturated heterocycles. The molecule has 1 fully saturated rings.